The van der Waals surface area contributed by atoms with Gasteiger partial charge in [0, 0.05) is 58.7 Å². The van der Waals surface area contributed by atoms with Crippen molar-refractivity contribution in [2.24, 2.45) is 0 Å². The fourth-order valence-corrected chi connectivity index (χ4v) is 6.89. The van der Waals surface area contributed by atoms with Gasteiger partial charge in [0.25, 0.3) is 0 Å². The van der Waals surface area contributed by atoms with Gasteiger partial charge in [-0.2, -0.15) is 0 Å². The maximum Gasteiger partial charge on any atom is 0.165 e. The molecule has 0 aromatic carbocycles. The zero-order valence-electron chi connectivity index (χ0n) is 10.8. The Kier molecular flexibility index (Phi) is 10.6. The number of hydrogen-bond donors (Lipinski definition) is 0. The molecule has 0 aromatic rings. The highest BCUT2D eigenvalue weighted by atomic mass is 33.1. The molecule has 0 saturated carbocycles. The first-order valence-corrected chi connectivity index (χ1v) is 9.62. The minimum Gasteiger partial charge on any atom is -0.355 e. The fourth-order valence-electron chi connectivity index (χ4n) is 1.22. The molecule has 16 heavy (non-hydrogen) atoms. The second-order valence-corrected chi connectivity index (χ2v) is 10.5. The van der Waals surface area contributed by atoms with Crippen molar-refractivity contribution in [3.8, 4) is 0 Å². The summed E-state index contributed by atoms with van der Waals surface area (Å²) in [5.74, 6) is 0. The van der Waals surface area contributed by atoms with E-state index in [0.29, 0.717) is 9.75 Å². The molecule has 4 nitrogen and oxygen atoms in total. The van der Waals surface area contributed by atoms with Crippen LogP contribution in [0.15, 0.2) is 0 Å². The summed E-state index contributed by atoms with van der Waals surface area (Å²) in [7, 11) is 12.4. The van der Waals surface area contributed by atoms with Crippen LogP contribution in [0, 0.1) is 0 Å². The third-order valence-corrected chi connectivity index (χ3v) is 9.93. The van der Waals surface area contributed by atoms with Gasteiger partial charge in [0.15, 0.2) is 12.6 Å². The summed E-state index contributed by atoms with van der Waals surface area (Å²) in [4.78, 5) is 0.816. The lowest BCUT2D eigenvalue weighted by atomic mass is 10.7. The molecule has 0 heterocycles. The minimum absolute atomic E-state index is 0.110. The third kappa shape index (κ3) is 6.06. The Morgan fingerprint density at radius 3 is 1.12 bits per heavy atom. The quantitative estimate of drug-likeness (QED) is 0.309. The van der Waals surface area contributed by atoms with E-state index in [9.17, 15) is 0 Å². The molecule has 2 unspecified atom stereocenters. The van der Waals surface area contributed by atoms with Crippen molar-refractivity contribution >= 4 is 42.1 Å². The zero-order valence-corrected chi connectivity index (χ0v) is 16.4. The Hall–Kier alpha value is 0.974. The van der Waals surface area contributed by atoms with Crippen molar-refractivity contribution in [1.29, 1.82) is 0 Å². The largest absolute Gasteiger partial charge is 0.355 e. The van der Waals surface area contributed by atoms with Crippen LogP contribution in [0.1, 0.15) is 0 Å². The van der Waals surface area contributed by atoms with E-state index in [2.05, 4.69) is 0 Å². The van der Waals surface area contributed by atoms with Gasteiger partial charge in [0.05, 0.1) is 0 Å². The number of rotatable bonds is 9. The molecule has 0 amide bonds. The van der Waals surface area contributed by atoms with E-state index in [4.69, 9.17) is 18.9 Å². The summed E-state index contributed by atoms with van der Waals surface area (Å²) < 4.78 is 20.9. The monoisotopic (exact) mass is 302 g/mol. The maximum atomic E-state index is 5.23. The Labute approximate surface area is 112 Å². The van der Waals surface area contributed by atoms with E-state index in [1.54, 1.807) is 50.0 Å². The Balaban J connectivity index is 3.93. The predicted molar refractivity (Wildman–Crippen MR) is 78.2 cm³/mol. The second kappa shape index (κ2) is 9.95. The molecule has 8 heteroatoms. The SMILES string of the molecule is COC(OC)C([SiH3])SSC([SiH3])C(OC)OC. The van der Waals surface area contributed by atoms with Crippen LogP contribution in [0.3, 0.4) is 0 Å². The molecule has 0 aromatic heterocycles. The average molecular weight is 303 g/mol. The summed E-state index contributed by atoms with van der Waals surface area (Å²) >= 11 is 0. The van der Waals surface area contributed by atoms with E-state index in [1.807, 2.05) is 0 Å². The van der Waals surface area contributed by atoms with E-state index < -0.39 is 0 Å². The third-order valence-electron chi connectivity index (χ3n) is 2.05. The average Bonchev–Trinajstić information content (AvgIpc) is 2.29. The minimum atomic E-state index is -0.110. The summed E-state index contributed by atoms with van der Waals surface area (Å²) in [6.07, 6.45) is -0.219. The summed E-state index contributed by atoms with van der Waals surface area (Å²) in [6, 6.07) is 0. The lowest BCUT2D eigenvalue weighted by molar-refractivity contribution is -0.0911. The van der Waals surface area contributed by atoms with Gasteiger partial charge in [-0.3, -0.25) is 0 Å². The summed E-state index contributed by atoms with van der Waals surface area (Å²) in [5, 5.41) is 0. The molecule has 2 atom stereocenters. The highest BCUT2D eigenvalue weighted by molar-refractivity contribution is 8.77. The van der Waals surface area contributed by atoms with Gasteiger partial charge in [-0.05, 0) is 0 Å². The number of methoxy groups -OCH3 is 4. The summed E-state index contributed by atoms with van der Waals surface area (Å²) in [6.45, 7) is 0. The normalized spacial score (nSPS) is 16.1. The van der Waals surface area contributed by atoms with Crippen molar-refractivity contribution < 1.29 is 18.9 Å². The molecule has 0 bridgehead atoms. The van der Waals surface area contributed by atoms with Crippen LogP contribution < -0.4 is 0 Å². The molecule has 98 valence electrons. The van der Waals surface area contributed by atoms with Crippen LogP contribution >= 0.6 is 21.6 Å². The van der Waals surface area contributed by atoms with E-state index in [1.165, 1.54) is 0 Å². The van der Waals surface area contributed by atoms with Crippen LogP contribution in [0.4, 0.5) is 0 Å². The topological polar surface area (TPSA) is 36.9 Å². The standard InChI is InChI=1S/C8H22O4S2Si2/c1-9-5(10-2)7(15)13-14-8(16)6(11-3)12-4/h5-8H,1-4,15-16H3. The summed E-state index contributed by atoms with van der Waals surface area (Å²) in [5.41, 5.74) is 0. The van der Waals surface area contributed by atoms with E-state index in [0.717, 1.165) is 20.5 Å². The molecule has 0 saturated heterocycles. The van der Waals surface area contributed by atoms with Crippen LogP contribution in [-0.2, 0) is 18.9 Å². The fraction of sp³-hybridized carbons (Fsp3) is 1.00. The highest BCUT2D eigenvalue weighted by Crippen LogP contribution is 2.32. The first-order valence-electron chi connectivity index (χ1n) is 5.04. The van der Waals surface area contributed by atoms with Crippen LogP contribution in [-0.4, -0.2) is 71.3 Å². The van der Waals surface area contributed by atoms with Gasteiger partial charge in [0.1, 0.15) is 0 Å². The Morgan fingerprint density at radius 1 is 0.688 bits per heavy atom. The van der Waals surface area contributed by atoms with Crippen LogP contribution in [0.5, 0.6) is 0 Å². The predicted octanol–water partition coefficient (Wildman–Crippen LogP) is -1.01. The van der Waals surface area contributed by atoms with Gasteiger partial charge in [-0.15, -0.1) is 0 Å². The smallest absolute Gasteiger partial charge is 0.165 e. The molecule has 0 radical (unpaired) electrons. The van der Waals surface area contributed by atoms with Crippen LogP contribution in [0.2, 0.25) is 0 Å². The Bertz CT molecular complexity index is 152. The van der Waals surface area contributed by atoms with Gasteiger partial charge in [0.2, 0.25) is 0 Å². The van der Waals surface area contributed by atoms with Crippen molar-refractivity contribution in [2.45, 2.75) is 22.3 Å². The molecular weight excluding hydrogens is 280 g/mol. The first kappa shape index (κ1) is 17.0. The Morgan fingerprint density at radius 2 is 0.938 bits per heavy atom. The molecule has 0 N–H and O–H groups in total. The highest BCUT2D eigenvalue weighted by Gasteiger charge is 2.21. The molecule has 0 spiro atoms. The lowest BCUT2D eigenvalue weighted by Crippen LogP contribution is -2.30. The zero-order chi connectivity index (χ0) is 12.6. The molecule has 0 aliphatic carbocycles. The van der Waals surface area contributed by atoms with Crippen molar-refractivity contribution in [1.82, 2.24) is 0 Å². The van der Waals surface area contributed by atoms with Crippen LogP contribution in [0.25, 0.3) is 0 Å². The second-order valence-electron chi connectivity index (χ2n) is 3.28. The molecule has 0 rings (SSSR count). The molecule has 0 fully saturated rings. The van der Waals surface area contributed by atoms with Crippen molar-refractivity contribution in [2.75, 3.05) is 28.4 Å². The van der Waals surface area contributed by atoms with E-state index in [-0.39, 0.29) is 12.6 Å². The number of ether oxygens (including phenoxy) is 4. The van der Waals surface area contributed by atoms with Gasteiger partial charge in [-0.1, -0.05) is 21.6 Å². The molecule has 0 aliphatic rings. The van der Waals surface area contributed by atoms with Gasteiger partial charge < -0.3 is 18.9 Å². The first-order chi connectivity index (χ1) is 7.60. The number of hydrogen-bond acceptors (Lipinski definition) is 6. The lowest BCUT2D eigenvalue weighted by Gasteiger charge is -2.24. The van der Waals surface area contributed by atoms with Gasteiger partial charge >= 0.3 is 0 Å². The van der Waals surface area contributed by atoms with Crippen molar-refractivity contribution in [3.63, 3.8) is 0 Å². The van der Waals surface area contributed by atoms with Gasteiger partial charge in [-0.25, -0.2) is 0 Å². The maximum absolute atomic E-state index is 5.23. The molecule has 0 aliphatic heterocycles. The van der Waals surface area contributed by atoms with E-state index >= 15 is 0 Å². The van der Waals surface area contributed by atoms with Crippen molar-refractivity contribution in [3.05, 3.63) is 0 Å². The molecular formula is C8H22O4S2Si2.